The molecule has 1 N–H and O–H groups in total. The number of fused-ring (bicyclic) bond motifs is 1. The van der Waals surface area contributed by atoms with Crippen molar-refractivity contribution < 1.29 is 13.9 Å². The molecule has 0 aliphatic carbocycles. The van der Waals surface area contributed by atoms with Crippen LogP contribution in [0.2, 0.25) is 0 Å². The number of carbonyl (C=O) groups is 1. The molecule has 0 unspecified atom stereocenters. The highest BCUT2D eigenvalue weighted by Crippen LogP contribution is 2.22. The molecule has 2 aromatic heterocycles. The molecule has 0 atom stereocenters. The van der Waals surface area contributed by atoms with Crippen molar-refractivity contribution in [2.75, 3.05) is 5.32 Å². The molecule has 0 spiro atoms. The number of nitrogens with zero attached hydrogens (tertiary/aromatic N) is 2. The number of aryl methyl sites for hydroxylation is 1. The van der Waals surface area contributed by atoms with Crippen molar-refractivity contribution in [3.8, 4) is 5.75 Å². The van der Waals surface area contributed by atoms with Crippen LogP contribution in [0.1, 0.15) is 27.4 Å². The summed E-state index contributed by atoms with van der Waals surface area (Å²) in [5.74, 6) is 1.64. The summed E-state index contributed by atoms with van der Waals surface area (Å²) in [5.41, 5.74) is 2.36. The average Bonchev–Trinajstić information content (AvgIpc) is 3.49. The fourth-order valence-electron chi connectivity index (χ4n) is 3.56. The van der Waals surface area contributed by atoms with Crippen LogP contribution < -0.4 is 10.1 Å². The SMILES string of the molecule is Cc1ccc(Cn2ccc(NC(=O)c3ccc(COc4ccc5ccccc5c4)o3)n2)cc1. The van der Waals surface area contributed by atoms with Crippen molar-refractivity contribution in [2.45, 2.75) is 20.1 Å². The van der Waals surface area contributed by atoms with E-state index in [1.165, 1.54) is 5.56 Å². The summed E-state index contributed by atoms with van der Waals surface area (Å²) in [6.07, 6.45) is 1.83. The lowest BCUT2D eigenvalue weighted by molar-refractivity contribution is 0.0992. The molecule has 6 nitrogen and oxygen atoms in total. The lowest BCUT2D eigenvalue weighted by atomic mass is 10.1. The molecule has 0 saturated carbocycles. The molecule has 6 heteroatoms. The second kappa shape index (κ2) is 9.04. The summed E-state index contributed by atoms with van der Waals surface area (Å²) in [6, 6.07) is 27.4. The third kappa shape index (κ3) is 4.96. The molecule has 0 bridgehead atoms. The number of anilines is 1. The van der Waals surface area contributed by atoms with Gasteiger partial charge in [-0.25, -0.2) is 0 Å². The molecule has 3 aromatic carbocycles. The average molecular weight is 437 g/mol. The first kappa shape index (κ1) is 20.6. The van der Waals surface area contributed by atoms with Crippen LogP contribution in [0.15, 0.2) is 95.5 Å². The van der Waals surface area contributed by atoms with Crippen LogP contribution in [0.3, 0.4) is 0 Å². The molecule has 0 radical (unpaired) electrons. The number of hydrogen-bond donors (Lipinski definition) is 1. The molecule has 0 aliphatic heterocycles. The highest BCUT2D eigenvalue weighted by molar-refractivity contribution is 6.01. The maximum atomic E-state index is 12.6. The summed E-state index contributed by atoms with van der Waals surface area (Å²) in [4.78, 5) is 12.6. The Morgan fingerprint density at radius 1 is 0.970 bits per heavy atom. The van der Waals surface area contributed by atoms with E-state index >= 15 is 0 Å². The minimum absolute atomic E-state index is 0.209. The fraction of sp³-hybridized carbons (Fsp3) is 0.111. The van der Waals surface area contributed by atoms with Gasteiger partial charge < -0.3 is 14.5 Å². The summed E-state index contributed by atoms with van der Waals surface area (Å²) in [7, 11) is 0. The number of rotatable bonds is 7. The maximum absolute atomic E-state index is 12.6. The van der Waals surface area contributed by atoms with E-state index in [9.17, 15) is 4.79 Å². The van der Waals surface area contributed by atoms with Gasteiger partial charge in [-0.3, -0.25) is 9.48 Å². The van der Waals surface area contributed by atoms with Crippen molar-refractivity contribution in [3.05, 3.63) is 114 Å². The van der Waals surface area contributed by atoms with Gasteiger partial charge >= 0.3 is 0 Å². The topological polar surface area (TPSA) is 69.3 Å². The number of furan rings is 1. The number of benzene rings is 3. The summed E-state index contributed by atoms with van der Waals surface area (Å²) < 4.78 is 13.3. The smallest absolute Gasteiger partial charge is 0.292 e. The van der Waals surface area contributed by atoms with Gasteiger partial charge in [-0.05, 0) is 47.5 Å². The molecule has 0 aliphatic rings. The summed E-state index contributed by atoms with van der Waals surface area (Å²) in [5, 5.41) is 9.46. The van der Waals surface area contributed by atoms with Gasteiger partial charge in [0.2, 0.25) is 0 Å². The van der Waals surface area contributed by atoms with Crippen molar-refractivity contribution >= 4 is 22.5 Å². The number of amides is 1. The zero-order valence-electron chi connectivity index (χ0n) is 18.2. The van der Waals surface area contributed by atoms with Crippen LogP contribution in [0, 0.1) is 6.92 Å². The number of nitrogens with one attached hydrogen (secondary N) is 1. The zero-order chi connectivity index (χ0) is 22.6. The van der Waals surface area contributed by atoms with Crippen molar-refractivity contribution in [3.63, 3.8) is 0 Å². The van der Waals surface area contributed by atoms with Gasteiger partial charge in [-0.1, -0.05) is 60.2 Å². The van der Waals surface area contributed by atoms with Crippen molar-refractivity contribution in [2.24, 2.45) is 0 Å². The second-order valence-electron chi connectivity index (χ2n) is 7.90. The van der Waals surface area contributed by atoms with Crippen LogP contribution in [0.5, 0.6) is 5.75 Å². The van der Waals surface area contributed by atoms with Crippen LogP contribution in [0.4, 0.5) is 5.82 Å². The van der Waals surface area contributed by atoms with Crippen LogP contribution in [-0.4, -0.2) is 15.7 Å². The van der Waals surface area contributed by atoms with Gasteiger partial charge in [-0.15, -0.1) is 0 Å². The normalized spacial score (nSPS) is 10.9. The van der Waals surface area contributed by atoms with E-state index in [4.69, 9.17) is 9.15 Å². The molecule has 0 saturated heterocycles. The third-order valence-corrected chi connectivity index (χ3v) is 5.33. The van der Waals surface area contributed by atoms with Gasteiger partial charge in [0.05, 0.1) is 6.54 Å². The zero-order valence-corrected chi connectivity index (χ0v) is 18.2. The first-order valence-electron chi connectivity index (χ1n) is 10.7. The van der Waals surface area contributed by atoms with Crippen molar-refractivity contribution in [1.29, 1.82) is 0 Å². The minimum atomic E-state index is -0.354. The standard InChI is InChI=1S/C27H23N3O3/c1-19-6-8-20(9-7-19)17-30-15-14-26(29-30)28-27(31)25-13-12-24(33-25)18-32-23-11-10-21-4-2-3-5-22(21)16-23/h2-16H,17-18H2,1H3,(H,28,29,31). The number of carbonyl (C=O) groups excluding carboxylic acids is 1. The molecule has 33 heavy (non-hydrogen) atoms. The minimum Gasteiger partial charge on any atom is -0.486 e. The summed E-state index contributed by atoms with van der Waals surface area (Å²) in [6.45, 7) is 2.92. The van der Waals surface area contributed by atoms with Gasteiger partial charge in [0.15, 0.2) is 11.6 Å². The largest absolute Gasteiger partial charge is 0.486 e. The second-order valence-corrected chi connectivity index (χ2v) is 7.90. The maximum Gasteiger partial charge on any atom is 0.292 e. The van der Waals surface area contributed by atoms with Gasteiger partial charge in [0.1, 0.15) is 18.1 Å². The Kier molecular flexibility index (Phi) is 5.64. The highest BCUT2D eigenvalue weighted by Gasteiger charge is 2.13. The number of ether oxygens (including phenoxy) is 1. The Balaban J connectivity index is 1.18. The molecule has 5 rings (SSSR count). The van der Waals surface area contributed by atoms with E-state index in [-0.39, 0.29) is 18.3 Å². The molecule has 2 heterocycles. The quantitative estimate of drug-likeness (QED) is 0.348. The van der Waals surface area contributed by atoms with E-state index in [0.717, 1.165) is 22.1 Å². The summed E-state index contributed by atoms with van der Waals surface area (Å²) >= 11 is 0. The lowest BCUT2D eigenvalue weighted by Gasteiger charge is -2.06. The van der Waals surface area contributed by atoms with Gasteiger partial charge in [0.25, 0.3) is 5.91 Å². The predicted molar refractivity (Wildman–Crippen MR) is 127 cm³/mol. The van der Waals surface area contributed by atoms with E-state index in [2.05, 4.69) is 47.7 Å². The Hall–Kier alpha value is -4.32. The molecule has 5 aromatic rings. The first-order valence-corrected chi connectivity index (χ1v) is 10.7. The van der Waals surface area contributed by atoms with Crippen LogP contribution in [-0.2, 0) is 13.2 Å². The van der Waals surface area contributed by atoms with Crippen LogP contribution >= 0.6 is 0 Å². The molecule has 1 amide bonds. The fourth-order valence-corrected chi connectivity index (χ4v) is 3.56. The van der Waals surface area contributed by atoms with E-state index in [1.807, 2.05) is 42.6 Å². The van der Waals surface area contributed by atoms with E-state index in [1.54, 1.807) is 22.9 Å². The first-order chi connectivity index (χ1) is 16.1. The van der Waals surface area contributed by atoms with Gasteiger partial charge in [0, 0.05) is 12.3 Å². The van der Waals surface area contributed by atoms with Crippen molar-refractivity contribution in [1.82, 2.24) is 9.78 Å². The van der Waals surface area contributed by atoms with E-state index < -0.39 is 0 Å². The number of hydrogen-bond acceptors (Lipinski definition) is 4. The Bertz CT molecular complexity index is 1400. The van der Waals surface area contributed by atoms with Crippen LogP contribution in [0.25, 0.3) is 10.8 Å². The monoisotopic (exact) mass is 437 g/mol. The third-order valence-electron chi connectivity index (χ3n) is 5.33. The Morgan fingerprint density at radius 3 is 2.64 bits per heavy atom. The molecular weight excluding hydrogens is 414 g/mol. The molecular formula is C27H23N3O3. The van der Waals surface area contributed by atoms with E-state index in [0.29, 0.717) is 18.1 Å². The molecule has 164 valence electrons. The predicted octanol–water partition coefficient (Wildman–Crippen LogP) is 5.82. The molecule has 0 fully saturated rings. The Morgan fingerprint density at radius 2 is 1.79 bits per heavy atom. The highest BCUT2D eigenvalue weighted by atomic mass is 16.5. The van der Waals surface area contributed by atoms with Gasteiger partial charge in [-0.2, -0.15) is 5.10 Å². The number of aromatic nitrogens is 2. The lowest BCUT2D eigenvalue weighted by Crippen LogP contribution is -2.12. The Labute approximate surface area is 191 Å².